The van der Waals surface area contributed by atoms with Crippen LogP contribution in [0.1, 0.15) is 11.1 Å². The summed E-state index contributed by atoms with van der Waals surface area (Å²) in [4.78, 5) is 0. The second-order valence-electron chi connectivity index (χ2n) is 3.89. The smallest absolute Gasteiger partial charge is 0.147 e. The Hall–Kier alpha value is -1.86. The second-order valence-corrected chi connectivity index (χ2v) is 4.81. The third-order valence-electron chi connectivity index (χ3n) is 2.57. The van der Waals surface area contributed by atoms with Crippen molar-refractivity contribution < 1.29 is 4.39 Å². The van der Waals surface area contributed by atoms with Crippen LogP contribution in [0.15, 0.2) is 40.9 Å². The van der Waals surface area contributed by atoms with Crippen molar-refractivity contribution in [2.45, 2.75) is 6.92 Å². The van der Waals surface area contributed by atoms with Gasteiger partial charge in [-0.15, -0.1) is 0 Å². The Bertz CT molecular complexity index is 632. The third-order valence-corrected chi connectivity index (χ3v) is 3.06. The van der Waals surface area contributed by atoms with Crippen LogP contribution in [0.4, 0.5) is 15.8 Å². The van der Waals surface area contributed by atoms with Gasteiger partial charge < -0.3 is 5.32 Å². The van der Waals surface area contributed by atoms with Crippen LogP contribution in [0.3, 0.4) is 0 Å². The zero-order chi connectivity index (χ0) is 13.1. The van der Waals surface area contributed by atoms with Crippen LogP contribution < -0.4 is 5.32 Å². The molecule has 2 rings (SSSR count). The number of aryl methyl sites for hydroxylation is 1. The Morgan fingerprint density at radius 3 is 2.61 bits per heavy atom. The normalized spacial score (nSPS) is 9.89. The van der Waals surface area contributed by atoms with Crippen LogP contribution in [0, 0.1) is 24.1 Å². The molecule has 0 radical (unpaired) electrons. The van der Waals surface area contributed by atoms with Crippen molar-refractivity contribution in [2.24, 2.45) is 0 Å². The molecule has 1 N–H and O–H groups in total. The van der Waals surface area contributed by atoms with Crippen molar-refractivity contribution in [3.05, 3.63) is 57.8 Å². The zero-order valence-corrected chi connectivity index (χ0v) is 11.3. The van der Waals surface area contributed by atoms with Crippen LogP contribution >= 0.6 is 15.9 Å². The summed E-state index contributed by atoms with van der Waals surface area (Å²) in [6.07, 6.45) is 0. The summed E-state index contributed by atoms with van der Waals surface area (Å²) in [6.45, 7) is 1.94. The fourth-order valence-electron chi connectivity index (χ4n) is 1.56. The average molecular weight is 305 g/mol. The van der Waals surface area contributed by atoms with Gasteiger partial charge in [0.2, 0.25) is 0 Å². The summed E-state index contributed by atoms with van der Waals surface area (Å²) < 4.78 is 14.7. The Balaban J connectivity index is 2.34. The largest absolute Gasteiger partial charge is 0.353 e. The van der Waals surface area contributed by atoms with Crippen molar-refractivity contribution in [2.75, 3.05) is 5.32 Å². The molecule has 0 bridgehead atoms. The molecule has 0 saturated heterocycles. The number of nitrogens with zero attached hydrogens (tertiary/aromatic N) is 1. The van der Waals surface area contributed by atoms with E-state index >= 15 is 0 Å². The van der Waals surface area contributed by atoms with E-state index in [4.69, 9.17) is 5.26 Å². The molecule has 0 unspecified atom stereocenters. The Labute approximate surface area is 113 Å². The number of hydrogen-bond donors (Lipinski definition) is 1. The van der Waals surface area contributed by atoms with Gasteiger partial charge in [-0.1, -0.05) is 22.0 Å². The maximum atomic E-state index is 13.7. The maximum absolute atomic E-state index is 13.7. The van der Waals surface area contributed by atoms with Crippen molar-refractivity contribution in [1.29, 1.82) is 5.26 Å². The minimum atomic E-state index is -0.437. The van der Waals surface area contributed by atoms with Crippen molar-refractivity contribution in [3.63, 3.8) is 0 Å². The summed E-state index contributed by atoms with van der Waals surface area (Å²) in [6, 6.07) is 12.0. The lowest BCUT2D eigenvalue weighted by molar-refractivity contribution is 0.631. The Morgan fingerprint density at radius 1 is 1.17 bits per heavy atom. The highest BCUT2D eigenvalue weighted by Crippen LogP contribution is 2.26. The Morgan fingerprint density at radius 2 is 1.94 bits per heavy atom. The van der Waals surface area contributed by atoms with Crippen LogP contribution in [0.2, 0.25) is 0 Å². The summed E-state index contributed by atoms with van der Waals surface area (Å²) in [5, 5.41) is 11.7. The van der Waals surface area contributed by atoms with Gasteiger partial charge in [0.1, 0.15) is 5.82 Å². The predicted molar refractivity (Wildman–Crippen MR) is 73.3 cm³/mol. The van der Waals surface area contributed by atoms with E-state index in [0.717, 1.165) is 15.7 Å². The van der Waals surface area contributed by atoms with Gasteiger partial charge in [0.05, 0.1) is 17.3 Å². The van der Waals surface area contributed by atoms with Gasteiger partial charge in [0.25, 0.3) is 0 Å². The lowest BCUT2D eigenvalue weighted by Crippen LogP contribution is -1.96. The summed E-state index contributed by atoms with van der Waals surface area (Å²) in [5.74, 6) is -0.437. The SMILES string of the molecule is Cc1ccc(Br)cc1Nc1ccc(C#N)cc1F. The molecule has 2 aromatic rings. The van der Waals surface area contributed by atoms with Crippen LogP contribution in [0.25, 0.3) is 0 Å². The van der Waals surface area contributed by atoms with Crippen LogP contribution in [-0.2, 0) is 0 Å². The minimum absolute atomic E-state index is 0.309. The highest BCUT2D eigenvalue weighted by molar-refractivity contribution is 9.10. The molecule has 0 spiro atoms. The van der Waals surface area contributed by atoms with E-state index in [1.165, 1.54) is 6.07 Å². The molecule has 0 aliphatic heterocycles. The van der Waals surface area contributed by atoms with E-state index < -0.39 is 5.82 Å². The van der Waals surface area contributed by atoms with Crippen LogP contribution in [0.5, 0.6) is 0 Å². The van der Waals surface area contributed by atoms with Gasteiger partial charge in [-0.25, -0.2) is 4.39 Å². The molecule has 2 nitrogen and oxygen atoms in total. The standard InChI is InChI=1S/C14H10BrFN2/c1-9-2-4-11(15)7-14(9)18-13-5-3-10(8-17)6-12(13)16/h2-7,18H,1H3. The second kappa shape index (κ2) is 5.19. The molecule has 4 heteroatoms. The molecule has 0 aromatic heterocycles. The number of halogens is 2. The first-order valence-electron chi connectivity index (χ1n) is 5.33. The number of benzene rings is 2. The number of nitrogens with one attached hydrogen (secondary N) is 1. The van der Waals surface area contributed by atoms with Crippen molar-refractivity contribution in [3.8, 4) is 6.07 Å². The first kappa shape index (κ1) is 12.6. The quantitative estimate of drug-likeness (QED) is 0.886. The molecule has 0 saturated carbocycles. The Kier molecular flexibility index (Phi) is 3.63. The van der Waals surface area contributed by atoms with E-state index in [1.807, 2.05) is 31.2 Å². The molecule has 0 amide bonds. The molecule has 90 valence electrons. The lowest BCUT2D eigenvalue weighted by Gasteiger charge is -2.11. The topological polar surface area (TPSA) is 35.8 Å². The van der Waals surface area contributed by atoms with Gasteiger partial charge in [0.15, 0.2) is 0 Å². The third kappa shape index (κ3) is 2.69. The van der Waals surface area contributed by atoms with Gasteiger partial charge in [-0.3, -0.25) is 0 Å². The van der Waals surface area contributed by atoms with Crippen molar-refractivity contribution in [1.82, 2.24) is 0 Å². The highest BCUT2D eigenvalue weighted by Gasteiger charge is 2.06. The molecular formula is C14H10BrFN2. The number of hydrogen-bond acceptors (Lipinski definition) is 2. The molecular weight excluding hydrogens is 295 g/mol. The molecule has 0 atom stereocenters. The molecule has 0 heterocycles. The summed E-state index contributed by atoms with van der Waals surface area (Å²) in [7, 11) is 0. The molecule has 2 aromatic carbocycles. The average Bonchev–Trinajstić information content (AvgIpc) is 2.36. The maximum Gasteiger partial charge on any atom is 0.147 e. The van der Waals surface area contributed by atoms with Crippen molar-refractivity contribution >= 4 is 27.3 Å². The lowest BCUT2D eigenvalue weighted by atomic mass is 10.1. The summed E-state index contributed by atoms with van der Waals surface area (Å²) in [5.41, 5.74) is 2.51. The number of nitriles is 1. The van der Waals surface area contributed by atoms with Gasteiger partial charge >= 0.3 is 0 Å². The van der Waals surface area contributed by atoms with E-state index in [1.54, 1.807) is 12.1 Å². The zero-order valence-electron chi connectivity index (χ0n) is 9.67. The molecule has 0 aliphatic carbocycles. The molecule has 0 fully saturated rings. The van der Waals surface area contributed by atoms with Crippen LogP contribution in [-0.4, -0.2) is 0 Å². The fourth-order valence-corrected chi connectivity index (χ4v) is 1.92. The minimum Gasteiger partial charge on any atom is -0.353 e. The molecule has 0 aliphatic rings. The van der Waals surface area contributed by atoms with Gasteiger partial charge in [-0.05, 0) is 42.8 Å². The van der Waals surface area contributed by atoms with E-state index in [0.29, 0.717) is 11.3 Å². The predicted octanol–water partition coefficient (Wildman–Crippen LogP) is 4.51. The van der Waals surface area contributed by atoms with E-state index in [-0.39, 0.29) is 0 Å². The van der Waals surface area contributed by atoms with E-state index in [9.17, 15) is 4.39 Å². The van der Waals surface area contributed by atoms with Gasteiger partial charge in [0, 0.05) is 10.2 Å². The van der Waals surface area contributed by atoms with E-state index in [2.05, 4.69) is 21.2 Å². The summed E-state index contributed by atoms with van der Waals surface area (Å²) >= 11 is 3.37. The highest BCUT2D eigenvalue weighted by atomic mass is 79.9. The number of rotatable bonds is 2. The number of anilines is 2. The molecule has 18 heavy (non-hydrogen) atoms. The van der Waals surface area contributed by atoms with Gasteiger partial charge in [-0.2, -0.15) is 5.26 Å². The first-order valence-corrected chi connectivity index (χ1v) is 6.12. The monoisotopic (exact) mass is 304 g/mol. The fraction of sp³-hybridized carbons (Fsp3) is 0.0714. The first-order chi connectivity index (χ1) is 8.60.